The highest BCUT2D eigenvalue weighted by atomic mass is 32.1. The third-order valence-corrected chi connectivity index (χ3v) is 15.2. The molecule has 1 aromatic carbocycles. The van der Waals surface area contributed by atoms with E-state index in [-0.39, 0.29) is 11.1 Å². The predicted octanol–water partition coefficient (Wildman–Crippen LogP) is 12.8. The van der Waals surface area contributed by atoms with Gasteiger partial charge in [-0.3, -0.25) is 14.2 Å². The van der Waals surface area contributed by atoms with E-state index in [1.807, 2.05) is 35.7 Å². The molecule has 0 spiro atoms. The molecule has 0 aliphatic rings. The first-order chi connectivity index (χ1) is 22.7. The lowest BCUT2D eigenvalue weighted by molar-refractivity contribution is 0.423. The predicted molar refractivity (Wildman–Crippen MR) is 213 cm³/mol. The van der Waals surface area contributed by atoms with Crippen LogP contribution in [0.1, 0.15) is 106 Å². The van der Waals surface area contributed by atoms with E-state index in [9.17, 15) is 9.59 Å². The SMILES string of the molecule is CCCCC(CC)CCc1c2cc(C)sc2c(CCC(CC)CCC)c2cc(-c3cc4c(=O)n(C)c(=O)c5cc(C)sc5c4s3)sc12. The Labute approximate surface area is 295 Å². The molecule has 47 heavy (non-hydrogen) atoms. The van der Waals surface area contributed by atoms with Gasteiger partial charge in [0.15, 0.2) is 0 Å². The Kier molecular flexibility index (Phi) is 10.8. The molecule has 0 bridgehead atoms. The van der Waals surface area contributed by atoms with Crippen LogP contribution in [0.5, 0.6) is 0 Å². The van der Waals surface area contributed by atoms with Gasteiger partial charge in [-0.1, -0.05) is 72.6 Å². The first-order valence-electron chi connectivity index (χ1n) is 17.7. The lowest BCUT2D eigenvalue weighted by atomic mass is 9.88. The zero-order valence-electron chi connectivity index (χ0n) is 29.1. The summed E-state index contributed by atoms with van der Waals surface area (Å²) in [5.41, 5.74) is 2.66. The van der Waals surface area contributed by atoms with Crippen molar-refractivity contribution in [2.75, 3.05) is 0 Å². The Morgan fingerprint density at radius 3 is 1.64 bits per heavy atom. The Bertz CT molecular complexity index is 2170. The Morgan fingerprint density at radius 1 is 0.574 bits per heavy atom. The quantitative estimate of drug-likeness (QED) is 0.113. The van der Waals surface area contributed by atoms with Crippen molar-refractivity contribution in [1.82, 2.24) is 4.57 Å². The van der Waals surface area contributed by atoms with Gasteiger partial charge in [0, 0.05) is 36.0 Å². The lowest BCUT2D eigenvalue weighted by Gasteiger charge is -2.18. The van der Waals surface area contributed by atoms with Crippen LogP contribution in [0.3, 0.4) is 0 Å². The van der Waals surface area contributed by atoms with Crippen LogP contribution in [0.2, 0.25) is 0 Å². The fourth-order valence-corrected chi connectivity index (χ4v) is 12.3. The molecule has 6 rings (SSSR count). The average molecular weight is 704 g/mol. The fourth-order valence-electron chi connectivity index (χ4n) is 7.50. The molecule has 0 radical (unpaired) electrons. The topological polar surface area (TPSA) is 39.1 Å². The van der Waals surface area contributed by atoms with Crippen LogP contribution >= 0.6 is 45.3 Å². The summed E-state index contributed by atoms with van der Waals surface area (Å²) in [5.74, 6) is 1.52. The molecule has 0 N–H and O–H groups in total. The summed E-state index contributed by atoms with van der Waals surface area (Å²) < 4.78 is 6.13. The number of hydrogen-bond acceptors (Lipinski definition) is 6. The zero-order chi connectivity index (χ0) is 33.4. The Hall–Kier alpha value is -2.32. The lowest BCUT2D eigenvalue weighted by Crippen LogP contribution is -2.26. The van der Waals surface area contributed by atoms with Gasteiger partial charge in [-0.2, -0.15) is 0 Å². The minimum atomic E-state index is -0.205. The van der Waals surface area contributed by atoms with Crippen LogP contribution in [-0.4, -0.2) is 4.57 Å². The van der Waals surface area contributed by atoms with E-state index in [1.54, 1.807) is 29.7 Å². The smallest absolute Gasteiger partial charge is 0.262 e. The third kappa shape index (κ3) is 6.67. The second-order valence-corrected chi connectivity index (χ2v) is 18.2. The van der Waals surface area contributed by atoms with Gasteiger partial charge >= 0.3 is 0 Å². The van der Waals surface area contributed by atoms with Crippen molar-refractivity contribution in [3.8, 4) is 9.75 Å². The standard InChI is InChI=1S/C40H49NO2S4/c1-8-12-14-26(11-4)16-18-27-29-19-23(5)44-35(29)28(17-15-25(10-3)13-9-2)30-21-33(46-36(27)30)34-22-32-38(47-34)37-31(20-24(6)45-37)39(42)41(7)40(32)43/h19-22,25-26H,8-18H2,1-7H3. The summed E-state index contributed by atoms with van der Waals surface area (Å²) >= 11 is 7.22. The number of benzene rings is 1. The van der Waals surface area contributed by atoms with Gasteiger partial charge in [0.05, 0.1) is 20.2 Å². The highest BCUT2D eigenvalue weighted by molar-refractivity contribution is 7.31. The molecule has 3 nitrogen and oxygen atoms in total. The molecule has 0 saturated carbocycles. The van der Waals surface area contributed by atoms with Gasteiger partial charge in [0.25, 0.3) is 11.1 Å². The number of rotatable bonds is 14. The third-order valence-electron chi connectivity index (χ3n) is 10.3. The second kappa shape index (κ2) is 14.7. The molecule has 250 valence electrons. The summed E-state index contributed by atoms with van der Waals surface area (Å²) in [6.07, 6.45) is 13.6. The summed E-state index contributed by atoms with van der Waals surface area (Å²) in [5, 5.41) is 4.21. The molecule has 5 aromatic heterocycles. The minimum absolute atomic E-state index is 0.203. The summed E-state index contributed by atoms with van der Waals surface area (Å²) in [7, 11) is 1.62. The van der Waals surface area contributed by atoms with Crippen molar-refractivity contribution in [3.63, 3.8) is 0 Å². The Balaban J connectivity index is 1.56. The maximum Gasteiger partial charge on any atom is 0.262 e. The summed E-state index contributed by atoms with van der Waals surface area (Å²) in [6.45, 7) is 13.6. The van der Waals surface area contributed by atoms with Gasteiger partial charge in [-0.05, 0) is 97.5 Å². The molecule has 5 heterocycles. The maximum atomic E-state index is 13.6. The minimum Gasteiger partial charge on any atom is -0.277 e. The molecule has 0 aliphatic heterocycles. The van der Waals surface area contributed by atoms with E-state index in [0.717, 1.165) is 43.8 Å². The number of thiophene rings is 4. The largest absolute Gasteiger partial charge is 0.277 e. The molecule has 7 heteroatoms. The second-order valence-electron chi connectivity index (χ2n) is 13.6. The first kappa shape index (κ1) is 34.5. The van der Waals surface area contributed by atoms with Crippen LogP contribution in [0, 0.1) is 25.7 Å². The monoisotopic (exact) mass is 703 g/mol. The van der Waals surface area contributed by atoms with E-state index in [2.05, 4.69) is 52.8 Å². The van der Waals surface area contributed by atoms with Gasteiger partial charge in [-0.25, -0.2) is 0 Å². The summed E-state index contributed by atoms with van der Waals surface area (Å²) in [4.78, 5) is 31.6. The number of aromatic nitrogens is 1. The number of fused-ring (bicyclic) bond motifs is 5. The molecule has 0 fully saturated rings. The molecule has 0 aliphatic carbocycles. The van der Waals surface area contributed by atoms with Crippen LogP contribution in [0.15, 0.2) is 33.9 Å². The fraction of sp³-hybridized carbons (Fsp3) is 0.500. The van der Waals surface area contributed by atoms with Gasteiger partial charge < -0.3 is 0 Å². The average Bonchev–Trinajstić information content (AvgIpc) is 3.85. The number of unbranched alkanes of at least 4 members (excludes halogenated alkanes) is 1. The van der Waals surface area contributed by atoms with Gasteiger partial charge in [-0.15, -0.1) is 45.3 Å². The van der Waals surface area contributed by atoms with Gasteiger partial charge in [0.1, 0.15) is 0 Å². The van der Waals surface area contributed by atoms with Crippen molar-refractivity contribution in [3.05, 3.63) is 65.9 Å². The van der Waals surface area contributed by atoms with Crippen molar-refractivity contribution < 1.29 is 0 Å². The van der Waals surface area contributed by atoms with E-state index in [1.165, 1.54) is 103 Å². The maximum absolute atomic E-state index is 13.6. The molecular formula is C40H49NO2S4. The number of aryl methyl sites for hydroxylation is 4. The molecule has 2 atom stereocenters. The van der Waals surface area contributed by atoms with E-state index in [0.29, 0.717) is 10.8 Å². The van der Waals surface area contributed by atoms with Crippen molar-refractivity contribution >= 4 is 85.7 Å². The van der Waals surface area contributed by atoms with E-state index >= 15 is 0 Å². The highest BCUT2D eigenvalue weighted by Gasteiger charge is 2.23. The zero-order valence-corrected chi connectivity index (χ0v) is 32.4. The van der Waals surface area contributed by atoms with Crippen LogP contribution < -0.4 is 11.1 Å². The molecule has 0 saturated heterocycles. The number of hydrogen-bond donors (Lipinski definition) is 0. The normalized spacial score (nSPS) is 13.5. The first-order valence-corrected chi connectivity index (χ1v) is 21.0. The van der Waals surface area contributed by atoms with Gasteiger partial charge in [0.2, 0.25) is 0 Å². The molecular weight excluding hydrogens is 655 g/mol. The Morgan fingerprint density at radius 2 is 1.04 bits per heavy atom. The molecule has 6 aromatic rings. The molecule has 0 amide bonds. The van der Waals surface area contributed by atoms with Crippen molar-refractivity contribution in [2.24, 2.45) is 18.9 Å². The number of nitrogens with zero attached hydrogens (tertiary/aromatic N) is 1. The van der Waals surface area contributed by atoms with E-state index < -0.39 is 0 Å². The van der Waals surface area contributed by atoms with Crippen LogP contribution in [0.25, 0.3) is 50.1 Å². The van der Waals surface area contributed by atoms with Crippen molar-refractivity contribution in [1.29, 1.82) is 0 Å². The van der Waals surface area contributed by atoms with Crippen LogP contribution in [-0.2, 0) is 19.9 Å². The summed E-state index contributed by atoms with van der Waals surface area (Å²) in [6, 6.07) is 8.93. The van der Waals surface area contributed by atoms with Crippen molar-refractivity contribution in [2.45, 2.75) is 112 Å². The van der Waals surface area contributed by atoms with E-state index in [4.69, 9.17) is 0 Å². The van der Waals surface area contributed by atoms with Crippen LogP contribution in [0.4, 0.5) is 0 Å². The highest BCUT2D eigenvalue weighted by Crippen LogP contribution is 2.48. The molecule has 2 unspecified atom stereocenters.